The second kappa shape index (κ2) is 4.61. The largest absolute Gasteiger partial charge is 0.329 e. The van der Waals surface area contributed by atoms with Crippen LogP contribution in [0.25, 0.3) is 0 Å². The monoisotopic (exact) mass is 171 g/mol. The highest BCUT2D eigenvalue weighted by Gasteiger charge is 2.31. The Bertz CT molecular complexity index is 150. The molecule has 2 heteroatoms. The van der Waals surface area contributed by atoms with Gasteiger partial charge in [-0.1, -0.05) is 27.7 Å². The fourth-order valence-corrected chi connectivity index (χ4v) is 1.20. The number of hydrogen-bond donors (Lipinski definition) is 1. The zero-order valence-corrected chi connectivity index (χ0v) is 8.68. The van der Waals surface area contributed by atoms with Crippen LogP contribution in [0.1, 0.15) is 40.5 Å². The predicted molar refractivity (Wildman–Crippen MR) is 51.9 cm³/mol. The van der Waals surface area contributed by atoms with Gasteiger partial charge in [0.1, 0.15) is 5.78 Å². The molecule has 0 amide bonds. The predicted octanol–water partition coefficient (Wildman–Crippen LogP) is 1.98. The molecular formula is C10H21NO. The third-order valence-corrected chi connectivity index (χ3v) is 2.89. The fraction of sp³-hybridized carbons (Fsp3) is 0.900. The highest BCUT2D eigenvalue weighted by Crippen LogP contribution is 2.25. The third kappa shape index (κ3) is 2.31. The zero-order chi connectivity index (χ0) is 9.78. The van der Waals surface area contributed by atoms with Crippen molar-refractivity contribution in [3.05, 3.63) is 0 Å². The van der Waals surface area contributed by atoms with E-state index in [2.05, 4.69) is 0 Å². The molecule has 0 heterocycles. The summed E-state index contributed by atoms with van der Waals surface area (Å²) in [6.07, 6.45) is 1.75. The molecule has 72 valence electrons. The smallest absolute Gasteiger partial charge is 0.142 e. The number of Topliss-reactive ketones (excluding diaryl/α,β-unsaturated/α-hetero) is 1. The average molecular weight is 171 g/mol. The minimum absolute atomic E-state index is 0.151. The van der Waals surface area contributed by atoms with Crippen LogP contribution in [-0.4, -0.2) is 12.3 Å². The maximum atomic E-state index is 11.8. The zero-order valence-electron chi connectivity index (χ0n) is 8.68. The summed E-state index contributed by atoms with van der Waals surface area (Å²) in [7, 11) is 0. The van der Waals surface area contributed by atoms with Gasteiger partial charge in [-0.2, -0.15) is 0 Å². The summed E-state index contributed by atoms with van der Waals surface area (Å²) in [5.41, 5.74) is 5.29. The Morgan fingerprint density at radius 1 is 1.50 bits per heavy atom. The molecule has 2 N–H and O–H groups in total. The Labute approximate surface area is 75.5 Å². The topological polar surface area (TPSA) is 43.1 Å². The van der Waals surface area contributed by atoms with E-state index >= 15 is 0 Å². The molecule has 0 spiro atoms. The average Bonchev–Trinajstić information content (AvgIpc) is 2.14. The van der Waals surface area contributed by atoms with Gasteiger partial charge in [-0.3, -0.25) is 4.79 Å². The Hall–Kier alpha value is -0.370. The van der Waals surface area contributed by atoms with Gasteiger partial charge < -0.3 is 5.73 Å². The van der Waals surface area contributed by atoms with E-state index < -0.39 is 0 Å². The van der Waals surface area contributed by atoms with Crippen LogP contribution in [0, 0.1) is 11.3 Å². The quantitative estimate of drug-likeness (QED) is 0.687. The van der Waals surface area contributed by atoms with Crippen molar-refractivity contribution in [1.29, 1.82) is 0 Å². The second-order valence-corrected chi connectivity index (χ2v) is 3.79. The second-order valence-electron chi connectivity index (χ2n) is 3.79. The van der Waals surface area contributed by atoms with E-state index in [-0.39, 0.29) is 11.3 Å². The van der Waals surface area contributed by atoms with Crippen LogP contribution in [0.3, 0.4) is 0 Å². The van der Waals surface area contributed by atoms with Crippen molar-refractivity contribution < 1.29 is 4.79 Å². The van der Waals surface area contributed by atoms with Gasteiger partial charge >= 0.3 is 0 Å². The third-order valence-electron chi connectivity index (χ3n) is 2.89. The minimum Gasteiger partial charge on any atom is -0.329 e. The van der Waals surface area contributed by atoms with Crippen LogP contribution in [0.5, 0.6) is 0 Å². The molecule has 0 aliphatic carbocycles. The molecule has 2 atom stereocenters. The first kappa shape index (κ1) is 11.6. The first-order valence-corrected chi connectivity index (χ1v) is 4.76. The lowest BCUT2D eigenvalue weighted by Crippen LogP contribution is -2.38. The summed E-state index contributed by atoms with van der Waals surface area (Å²) >= 11 is 0. The van der Waals surface area contributed by atoms with E-state index in [1.165, 1.54) is 0 Å². The summed E-state index contributed by atoms with van der Waals surface area (Å²) in [5.74, 6) is 0.466. The van der Waals surface area contributed by atoms with Crippen molar-refractivity contribution in [1.82, 2.24) is 0 Å². The number of nitrogens with two attached hydrogens (primary N) is 1. The molecule has 0 aliphatic rings. The molecule has 0 aromatic heterocycles. The molecule has 0 aromatic rings. The standard InChI is InChI=1S/C10H21NO/c1-5-8(3)9(12)10(4,6-2)7-11/h8H,5-7,11H2,1-4H3. The molecule has 0 saturated heterocycles. The molecule has 0 aliphatic heterocycles. The van der Waals surface area contributed by atoms with Crippen LogP contribution in [0.15, 0.2) is 0 Å². The lowest BCUT2D eigenvalue weighted by Gasteiger charge is -2.27. The van der Waals surface area contributed by atoms with Crippen molar-refractivity contribution in [2.75, 3.05) is 6.54 Å². The lowest BCUT2D eigenvalue weighted by molar-refractivity contribution is -0.131. The first-order chi connectivity index (χ1) is 5.51. The van der Waals surface area contributed by atoms with Crippen molar-refractivity contribution in [3.63, 3.8) is 0 Å². The maximum Gasteiger partial charge on any atom is 0.142 e. The van der Waals surface area contributed by atoms with Gasteiger partial charge in [0.25, 0.3) is 0 Å². The molecule has 2 nitrogen and oxygen atoms in total. The van der Waals surface area contributed by atoms with Crippen LogP contribution >= 0.6 is 0 Å². The van der Waals surface area contributed by atoms with Gasteiger partial charge in [-0.05, 0) is 12.8 Å². The summed E-state index contributed by atoms with van der Waals surface area (Å²) in [6.45, 7) is 8.46. The summed E-state index contributed by atoms with van der Waals surface area (Å²) in [6, 6.07) is 0. The SMILES string of the molecule is CCC(C)C(=O)C(C)(CC)CN. The Kier molecular flexibility index (Phi) is 4.46. The van der Waals surface area contributed by atoms with Gasteiger partial charge in [0.2, 0.25) is 0 Å². The van der Waals surface area contributed by atoms with Crippen molar-refractivity contribution in [2.24, 2.45) is 17.1 Å². The molecule has 2 unspecified atom stereocenters. The molecule has 0 fully saturated rings. The summed E-state index contributed by atoms with van der Waals surface area (Å²) in [5, 5.41) is 0. The van der Waals surface area contributed by atoms with E-state index in [1.54, 1.807) is 0 Å². The summed E-state index contributed by atoms with van der Waals surface area (Å²) in [4.78, 5) is 11.8. The minimum atomic E-state index is -0.296. The highest BCUT2D eigenvalue weighted by atomic mass is 16.1. The number of ketones is 1. The fourth-order valence-electron chi connectivity index (χ4n) is 1.20. The molecule has 0 saturated carbocycles. The van der Waals surface area contributed by atoms with Gasteiger partial charge in [-0.15, -0.1) is 0 Å². The molecule has 0 radical (unpaired) electrons. The Balaban J connectivity index is 4.41. The van der Waals surface area contributed by atoms with Gasteiger partial charge in [0, 0.05) is 17.9 Å². The molecule has 0 bridgehead atoms. The van der Waals surface area contributed by atoms with Gasteiger partial charge in [0.05, 0.1) is 0 Å². The van der Waals surface area contributed by atoms with E-state index in [4.69, 9.17) is 5.73 Å². The first-order valence-electron chi connectivity index (χ1n) is 4.76. The normalized spacial score (nSPS) is 18.4. The number of rotatable bonds is 5. The number of carbonyl (C=O) groups excluding carboxylic acids is 1. The molecule has 0 aromatic carbocycles. The molecular weight excluding hydrogens is 150 g/mol. The van der Waals surface area contributed by atoms with E-state index in [0.717, 1.165) is 12.8 Å². The number of carbonyl (C=O) groups is 1. The van der Waals surface area contributed by atoms with E-state index in [9.17, 15) is 4.79 Å². The molecule has 0 rings (SSSR count). The van der Waals surface area contributed by atoms with Crippen molar-refractivity contribution >= 4 is 5.78 Å². The van der Waals surface area contributed by atoms with Gasteiger partial charge in [-0.25, -0.2) is 0 Å². The Morgan fingerprint density at radius 3 is 2.25 bits per heavy atom. The maximum absolute atomic E-state index is 11.8. The number of hydrogen-bond acceptors (Lipinski definition) is 2. The molecule has 12 heavy (non-hydrogen) atoms. The van der Waals surface area contributed by atoms with Crippen LogP contribution in [0.4, 0.5) is 0 Å². The highest BCUT2D eigenvalue weighted by molar-refractivity contribution is 5.86. The van der Waals surface area contributed by atoms with E-state index in [1.807, 2.05) is 27.7 Å². The van der Waals surface area contributed by atoms with Crippen molar-refractivity contribution in [2.45, 2.75) is 40.5 Å². The van der Waals surface area contributed by atoms with Gasteiger partial charge in [0.15, 0.2) is 0 Å². The summed E-state index contributed by atoms with van der Waals surface area (Å²) < 4.78 is 0. The lowest BCUT2D eigenvalue weighted by atomic mass is 9.77. The van der Waals surface area contributed by atoms with E-state index in [0.29, 0.717) is 12.3 Å². The van der Waals surface area contributed by atoms with Crippen LogP contribution in [0.2, 0.25) is 0 Å². The van der Waals surface area contributed by atoms with Crippen LogP contribution < -0.4 is 5.73 Å². The Morgan fingerprint density at radius 2 is 2.00 bits per heavy atom. The van der Waals surface area contributed by atoms with Crippen molar-refractivity contribution in [3.8, 4) is 0 Å². The van der Waals surface area contributed by atoms with Crippen LogP contribution in [-0.2, 0) is 4.79 Å².